The Bertz CT molecular complexity index is 495. The first-order valence-electron chi connectivity index (χ1n) is 4.90. The van der Waals surface area contributed by atoms with Crippen LogP contribution in [0.3, 0.4) is 0 Å². The highest BCUT2D eigenvalue weighted by Gasteiger charge is 2.06. The number of hydrogen-bond donors (Lipinski definition) is 0. The molecule has 1 aromatic heterocycles. The van der Waals surface area contributed by atoms with Gasteiger partial charge in [0, 0.05) is 17.8 Å². The van der Waals surface area contributed by atoms with Gasteiger partial charge in [-0.25, -0.2) is 4.98 Å². The van der Waals surface area contributed by atoms with Crippen molar-refractivity contribution in [2.75, 3.05) is 7.11 Å². The highest BCUT2D eigenvalue weighted by atomic mass is 16.5. The summed E-state index contributed by atoms with van der Waals surface area (Å²) >= 11 is 0. The molecule has 1 heterocycles. The molecule has 0 spiro atoms. The van der Waals surface area contributed by atoms with Crippen LogP contribution in [0.15, 0.2) is 42.6 Å². The van der Waals surface area contributed by atoms with Crippen LogP contribution in [-0.4, -0.2) is 18.4 Å². The third kappa shape index (κ3) is 1.93. The van der Waals surface area contributed by atoms with Gasteiger partial charge in [-0.15, -0.1) is 0 Å². The van der Waals surface area contributed by atoms with E-state index in [0.29, 0.717) is 11.4 Å². The molecule has 3 heteroatoms. The van der Waals surface area contributed by atoms with Gasteiger partial charge in [0.1, 0.15) is 0 Å². The molecule has 0 fully saturated rings. The van der Waals surface area contributed by atoms with E-state index in [1.54, 1.807) is 13.2 Å². The van der Waals surface area contributed by atoms with Crippen LogP contribution in [0.5, 0.6) is 5.88 Å². The largest absolute Gasteiger partial charge is 0.481 e. The lowest BCUT2D eigenvalue weighted by atomic mass is 10.0. The van der Waals surface area contributed by atoms with Gasteiger partial charge in [-0.05, 0) is 11.1 Å². The monoisotopic (exact) mass is 213 g/mol. The molecule has 0 N–H and O–H groups in total. The lowest BCUT2D eigenvalue weighted by Crippen LogP contribution is -1.93. The van der Waals surface area contributed by atoms with Crippen molar-refractivity contribution in [3.63, 3.8) is 0 Å². The molecular formula is C13H11NO2. The third-order valence-corrected chi connectivity index (χ3v) is 2.33. The molecule has 0 aliphatic rings. The van der Waals surface area contributed by atoms with Gasteiger partial charge in [0.15, 0.2) is 6.29 Å². The average molecular weight is 213 g/mol. The standard InChI is InChI=1S/C13H11NO2/c1-16-13-7-12(11(9-15)8-14-13)10-5-3-2-4-6-10/h2-9H,1H3. The summed E-state index contributed by atoms with van der Waals surface area (Å²) in [5.74, 6) is 0.504. The molecule has 3 nitrogen and oxygen atoms in total. The minimum atomic E-state index is 0.504. The Balaban J connectivity index is 2.57. The normalized spacial score (nSPS) is 9.81. The minimum Gasteiger partial charge on any atom is -0.481 e. The fraction of sp³-hybridized carbons (Fsp3) is 0.0769. The van der Waals surface area contributed by atoms with Crippen molar-refractivity contribution >= 4 is 6.29 Å². The van der Waals surface area contributed by atoms with Crippen LogP contribution in [0, 0.1) is 0 Å². The molecule has 0 radical (unpaired) electrons. The molecule has 0 saturated carbocycles. The zero-order valence-electron chi connectivity index (χ0n) is 8.88. The molecule has 16 heavy (non-hydrogen) atoms. The number of aldehydes is 1. The van der Waals surface area contributed by atoms with E-state index in [2.05, 4.69) is 4.98 Å². The summed E-state index contributed by atoms with van der Waals surface area (Å²) in [6, 6.07) is 11.4. The maximum Gasteiger partial charge on any atom is 0.213 e. The molecule has 2 aromatic rings. The number of carbonyl (C=O) groups excluding carboxylic acids is 1. The van der Waals surface area contributed by atoms with E-state index in [1.807, 2.05) is 30.3 Å². The summed E-state index contributed by atoms with van der Waals surface area (Å²) in [6.07, 6.45) is 2.32. The molecule has 0 unspecified atom stereocenters. The second-order valence-corrected chi connectivity index (χ2v) is 3.30. The SMILES string of the molecule is COc1cc(-c2ccccc2)c(C=O)cn1. The van der Waals surface area contributed by atoms with Gasteiger partial charge in [0.2, 0.25) is 5.88 Å². The molecule has 1 aromatic carbocycles. The summed E-state index contributed by atoms with van der Waals surface area (Å²) in [6.45, 7) is 0. The van der Waals surface area contributed by atoms with Crippen LogP contribution in [0.2, 0.25) is 0 Å². The first-order chi connectivity index (χ1) is 7.85. The number of carbonyl (C=O) groups is 1. The zero-order valence-corrected chi connectivity index (χ0v) is 8.88. The molecule has 0 amide bonds. The summed E-state index contributed by atoms with van der Waals surface area (Å²) in [5, 5.41) is 0. The summed E-state index contributed by atoms with van der Waals surface area (Å²) in [5.41, 5.74) is 2.37. The molecular weight excluding hydrogens is 202 g/mol. The Morgan fingerprint density at radius 2 is 2.00 bits per heavy atom. The molecule has 2 rings (SSSR count). The van der Waals surface area contributed by atoms with Gasteiger partial charge in [-0.1, -0.05) is 30.3 Å². The van der Waals surface area contributed by atoms with Gasteiger partial charge in [-0.3, -0.25) is 4.79 Å². The Kier molecular flexibility index (Phi) is 2.96. The minimum absolute atomic E-state index is 0.504. The lowest BCUT2D eigenvalue weighted by Gasteiger charge is -2.06. The number of ether oxygens (including phenoxy) is 1. The van der Waals surface area contributed by atoms with Crippen molar-refractivity contribution in [1.29, 1.82) is 0 Å². The predicted octanol–water partition coefficient (Wildman–Crippen LogP) is 2.57. The zero-order chi connectivity index (χ0) is 11.4. The number of methoxy groups -OCH3 is 1. The van der Waals surface area contributed by atoms with Crippen LogP contribution in [0.25, 0.3) is 11.1 Å². The van der Waals surface area contributed by atoms with Crippen LogP contribution in [0.4, 0.5) is 0 Å². The second-order valence-electron chi connectivity index (χ2n) is 3.30. The quantitative estimate of drug-likeness (QED) is 0.735. The van der Waals surface area contributed by atoms with Crippen LogP contribution in [-0.2, 0) is 0 Å². The van der Waals surface area contributed by atoms with Gasteiger partial charge < -0.3 is 4.74 Å². The van der Waals surface area contributed by atoms with Crippen molar-refractivity contribution in [3.05, 3.63) is 48.2 Å². The number of hydrogen-bond acceptors (Lipinski definition) is 3. The molecule has 0 aliphatic carbocycles. The number of pyridine rings is 1. The van der Waals surface area contributed by atoms with Gasteiger partial charge in [0.25, 0.3) is 0 Å². The van der Waals surface area contributed by atoms with Crippen molar-refractivity contribution < 1.29 is 9.53 Å². The molecule has 0 aliphatic heterocycles. The molecule has 0 atom stereocenters. The average Bonchev–Trinajstić information content (AvgIpc) is 2.39. The first kappa shape index (κ1) is 10.4. The van der Waals surface area contributed by atoms with Gasteiger partial charge in [-0.2, -0.15) is 0 Å². The van der Waals surface area contributed by atoms with E-state index >= 15 is 0 Å². The second kappa shape index (κ2) is 4.57. The Labute approximate surface area is 93.7 Å². The van der Waals surface area contributed by atoms with Crippen molar-refractivity contribution in [2.45, 2.75) is 0 Å². The highest BCUT2D eigenvalue weighted by molar-refractivity contribution is 5.87. The summed E-state index contributed by atoms with van der Waals surface area (Å²) < 4.78 is 5.05. The smallest absolute Gasteiger partial charge is 0.213 e. The predicted molar refractivity (Wildman–Crippen MR) is 61.6 cm³/mol. The number of aromatic nitrogens is 1. The molecule has 80 valence electrons. The van der Waals surface area contributed by atoms with E-state index in [0.717, 1.165) is 17.4 Å². The molecule has 0 saturated heterocycles. The fourth-order valence-electron chi connectivity index (χ4n) is 1.52. The van der Waals surface area contributed by atoms with Gasteiger partial charge in [0.05, 0.1) is 7.11 Å². The molecule has 0 bridgehead atoms. The van der Waals surface area contributed by atoms with Crippen LogP contribution < -0.4 is 4.74 Å². The number of benzene rings is 1. The topological polar surface area (TPSA) is 39.2 Å². The van der Waals surface area contributed by atoms with E-state index in [4.69, 9.17) is 4.74 Å². The summed E-state index contributed by atoms with van der Waals surface area (Å²) in [4.78, 5) is 14.9. The highest BCUT2D eigenvalue weighted by Crippen LogP contribution is 2.24. The van der Waals surface area contributed by atoms with E-state index in [1.165, 1.54) is 6.20 Å². The first-order valence-corrected chi connectivity index (χ1v) is 4.90. The van der Waals surface area contributed by atoms with E-state index < -0.39 is 0 Å². The number of rotatable bonds is 3. The Hall–Kier alpha value is -2.16. The maximum absolute atomic E-state index is 10.9. The van der Waals surface area contributed by atoms with Crippen molar-refractivity contribution in [1.82, 2.24) is 4.98 Å². The lowest BCUT2D eigenvalue weighted by molar-refractivity contribution is 0.112. The van der Waals surface area contributed by atoms with E-state index in [9.17, 15) is 4.79 Å². The Morgan fingerprint density at radius 3 is 2.62 bits per heavy atom. The fourth-order valence-corrected chi connectivity index (χ4v) is 1.52. The number of nitrogens with zero attached hydrogens (tertiary/aromatic N) is 1. The summed E-state index contributed by atoms with van der Waals surface area (Å²) in [7, 11) is 1.55. The van der Waals surface area contributed by atoms with Crippen molar-refractivity contribution in [3.8, 4) is 17.0 Å². The van der Waals surface area contributed by atoms with Crippen LogP contribution in [0.1, 0.15) is 10.4 Å². The van der Waals surface area contributed by atoms with E-state index in [-0.39, 0.29) is 0 Å². The maximum atomic E-state index is 10.9. The van der Waals surface area contributed by atoms with Crippen molar-refractivity contribution in [2.24, 2.45) is 0 Å². The third-order valence-electron chi connectivity index (χ3n) is 2.33. The Morgan fingerprint density at radius 1 is 1.25 bits per heavy atom. The van der Waals surface area contributed by atoms with Gasteiger partial charge >= 0.3 is 0 Å². The van der Waals surface area contributed by atoms with Crippen LogP contribution >= 0.6 is 0 Å².